The van der Waals surface area contributed by atoms with E-state index >= 15 is 0 Å². The van der Waals surface area contributed by atoms with E-state index in [0.717, 1.165) is 4.47 Å². The van der Waals surface area contributed by atoms with Crippen molar-refractivity contribution in [3.8, 4) is 0 Å². The van der Waals surface area contributed by atoms with Gasteiger partial charge in [-0.2, -0.15) is 0 Å². The van der Waals surface area contributed by atoms with Crippen molar-refractivity contribution in [3.05, 3.63) is 40.4 Å². The topological polar surface area (TPSA) is 3.24 Å². The van der Waals surface area contributed by atoms with E-state index in [-0.39, 0.29) is 5.41 Å². The van der Waals surface area contributed by atoms with Crippen LogP contribution in [0.2, 0.25) is 0 Å². The number of hydrogen-bond donors (Lipinski definition) is 0. The lowest BCUT2D eigenvalue weighted by molar-refractivity contribution is 0.436. The van der Waals surface area contributed by atoms with Crippen molar-refractivity contribution in [2.24, 2.45) is 0 Å². The molecule has 1 aliphatic rings. The van der Waals surface area contributed by atoms with Crippen LogP contribution in [0.15, 0.2) is 34.8 Å². The molecule has 2 aromatic rings. The standard InChI is InChI=1S/C31H48BrN/c1-5-6-7-8-9-10-11-12-13-14-15-16-17-18-21-33-25(2)31(3,4)29-23-27-22-28(32)20-19-26(27)24-30(29)33/h19-20,22-25H,5-18,21H2,1-4H3. The van der Waals surface area contributed by atoms with Crippen LogP contribution in [0.25, 0.3) is 10.8 Å². The molecule has 0 fully saturated rings. The summed E-state index contributed by atoms with van der Waals surface area (Å²) in [5.74, 6) is 0. The van der Waals surface area contributed by atoms with Gasteiger partial charge in [0.05, 0.1) is 0 Å². The predicted octanol–water partition coefficient (Wildman–Crippen LogP) is 10.6. The van der Waals surface area contributed by atoms with Gasteiger partial charge >= 0.3 is 0 Å². The Morgan fingerprint density at radius 2 is 1.27 bits per heavy atom. The van der Waals surface area contributed by atoms with E-state index in [0.29, 0.717) is 6.04 Å². The number of nitrogens with zero attached hydrogens (tertiary/aromatic N) is 1. The van der Waals surface area contributed by atoms with E-state index < -0.39 is 0 Å². The minimum absolute atomic E-state index is 0.196. The first-order chi connectivity index (χ1) is 15.9. The number of hydrogen-bond acceptors (Lipinski definition) is 1. The van der Waals surface area contributed by atoms with Gasteiger partial charge in [-0.3, -0.25) is 0 Å². The molecule has 0 saturated carbocycles. The van der Waals surface area contributed by atoms with Gasteiger partial charge in [0.25, 0.3) is 0 Å². The SMILES string of the molecule is CCCCCCCCCCCCCCCCN1c2cc3ccc(Br)cc3cc2C(C)(C)C1C. The average molecular weight is 515 g/mol. The normalized spacial score (nSPS) is 17.1. The highest BCUT2D eigenvalue weighted by molar-refractivity contribution is 9.10. The fourth-order valence-electron chi connectivity index (χ4n) is 5.62. The average Bonchev–Trinajstić information content (AvgIpc) is 2.97. The summed E-state index contributed by atoms with van der Waals surface area (Å²) in [4.78, 5) is 2.69. The van der Waals surface area contributed by atoms with Crippen LogP contribution in [-0.4, -0.2) is 12.6 Å². The van der Waals surface area contributed by atoms with Gasteiger partial charge in [0.1, 0.15) is 0 Å². The second kappa shape index (κ2) is 13.2. The van der Waals surface area contributed by atoms with E-state index in [1.807, 2.05) is 0 Å². The molecule has 0 radical (unpaired) electrons. The second-order valence-corrected chi connectivity index (χ2v) is 12.0. The molecule has 0 N–H and O–H groups in total. The van der Waals surface area contributed by atoms with Gasteiger partial charge < -0.3 is 4.90 Å². The van der Waals surface area contributed by atoms with Crippen molar-refractivity contribution in [2.45, 2.75) is 129 Å². The zero-order valence-corrected chi connectivity index (χ0v) is 23.5. The minimum atomic E-state index is 0.196. The lowest BCUT2D eigenvalue weighted by atomic mass is 9.80. The summed E-state index contributed by atoms with van der Waals surface area (Å²) in [7, 11) is 0. The number of rotatable bonds is 15. The maximum absolute atomic E-state index is 3.64. The van der Waals surface area contributed by atoms with Crippen molar-refractivity contribution in [1.82, 2.24) is 0 Å². The molecular formula is C31H48BrN. The number of halogens is 1. The van der Waals surface area contributed by atoms with Crippen LogP contribution >= 0.6 is 15.9 Å². The number of benzene rings is 2. The van der Waals surface area contributed by atoms with Crippen LogP contribution in [0, 0.1) is 0 Å². The summed E-state index contributed by atoms with van der Waals surface area (Å²) in [5.41, 5.74) is 3.19. The summed E-state index contributed by atoms with van der Waals surface area (Å²) < 4.78 is 1.16. The molecule has 1 heterocycles. The van der Waals surface area contributed by atoms with Crippen LogP contribution in [0.4, 0.5) is 5.69 Å². The van der Waals surface area contributed by atoms with Gasteiger partial charge in [-0.15, -0.1) is 0 Å². The monoisotopic (exact) mass is 513 g/mol. The molecule has 0 saturated heterocycles. The third-order valence-electron chi connectivity index (χ3n) is 8.18. The quantitative estimate of drug-likeness (QED) is 0.214. The molecule has 0 bridgehead atoms. The highest BCUT2D eigenvalue weighted by Crippen LogP contribution is 2.47. The summed E-state index contributed by atoms with van der Waals surface area (Å²) in [6.45, 7) is 10.8. The summed E-state index contributed by atoms with van der Waals surface area (Å²) >= 11 is 3.64. The molecule has 1 aliphatic heterocycles. The highest BCUT2D eigenvalue weighted by atomic mass is 79.9. The van der Waals surface area contributed by atoms with Gasteiger partial charge in [-0.25, -0.2) is 0 Å². The molecule has 0 aliphatic carbocycles. The molecule has 3 rings (SSSR count). The van der Waals surface area contributed by atoms with E-state index in [2.05, 4.69) is 78.9 Å². The fourth-order valence-corrected chi connectivity index (χ4v) is 6.00. The molecule has 33 heavy (non-hydrogen) atoms. The first kappa shape index (κ1) is 26.6. The van der Waals surface area contributed by atoms with Crippen LogP contribution in [0.1, 0.15) is 123 Å². The molecule has 0 aromatic heterocycles. The van der Waals surface area contributed by atoms with Crippen LogP contribution in [-0.2, 0) is 5.41 Å². The third-order valence-corrected chi connectivity index (χ3v) is 8.68. The van der Waals surface area contributed by atoms with Crippen molar-refractivity contribution >= 4 is 32.4 Å². The van der Waals surface area contributed by atoms with Gasteiger partial charge in [0, 0.05) is 28.2 Å². The minimum Gasteiger partial charge on any atom is -0.368 e. The van der Waals surface area contributed by atoms with E-state index in [1.165, 1.54) is 118 Å². The molecule has 184 valence electrons. The summed E-state index contributed by atoms with van der Waals surface area (Å²) in [6.07, 6.45) is 19.9. The van der Waals surface area contributed by atoms with E-state index in [9.17, 15) is 0 Å². The van der Waals surface area contributed by atoms with Gasteiger partial charge in [0.2, 0.25) is 0 Å². The first-order valence-corrected chi connectivity index (χ1v) is 14.7. The lowest BCUT2D eigenvalue weighted by Crippen LogP contribution is -2.39. The van der Waals surface area contributed by atoms with Crippen LogP contribution < -0.4 is 4.90 Å². The zero-order valence-electron chi connectivity index (χ0n) is 21.9. The summed E-state index contributed by atoms with van der Waals surface area (Å²) in [6, 6.07) is 12.1. The number of unbranched alkanes of at least 4 members (excludes halogenated alkanes) is 13. The van der Waals surface area contributed by atoms with Crippen LogP contribution in [0.5, 0.6) is 0 Å². The molecule has 2 heteroatoms. The number of fused-ring (bicyclic) bond motifs is 2. The molecule has 0 spiro atoms. The predicted molar refractivity (Wildman–Crippen MR) is 152 cm³/mol. The first-order valence-electron chi connectivity index (χ1n) is 14.0. The Morgan fingerprint density at radius 3 is 1.85 bits per heavy atom. The van der Waals surface area contributed by atoms with Gasteiger partial charge in [-0.1, -0.05) is 126 Å². The van der Waals surface area contributed by atoms with Crippen molar-refractivity contribution in [3.63, 3.8) is 0 Å². The Hall–Kier alpha value is -1.02. The Labute approximate surface area is 212 Å². The van der Waals surface area contributed by atoms with Gasteiger partial charge in [-0.05, 0) is 53.9 Å². The summed E-state index contributed by atoms with van der Waals surface area (Å²) in [5, 5.41) is 2.70. The van der Waals surface area contributed by atoms with Crippen LogP contribution in [0.3, 0.4) is 0 Å². The number of anilines is 1. The Morgan fingerprint density at radius 1 is 0.727 bits per heavy atom. The van der Waals surface area contributed by atoms with Crippen molar-refractivity contribution < 1.29 is 0 Å². The van der Waals surface area contributed by atoms with E-state index in [4.69, 9.17) is 0 Å². The molecule has 0 amide bonds. The zero-order chi connectivity index (χ0) is 23.7. The van der Waals surface area contributed by atoms with Gasteiger partial charge in [0.15, 0.2) is 0 Å². The third kappa shape index (κ3) is 7.23. The second-order valence-electron chi connectivity index (χ2n) is 11.0. The maximum Gasteiger partial charge on any atom is 0.0414 e. The fraction of sp³-hybridized carbons (Fsp3) is 0.677. The molecule has 1 unspecified atom stereocenters. The molecule has 1 atom stereocenters. The largest absolute Gasteiger partial charge is 0.368 e. The highest BCUT2D eigenvalue weighted by Gasteiger charge is 2.41. The van der Waals surface area contributed by atoms with Crippen molar-refractivity contribution in [1.29, 1.82) is 0 Å². The Balaban J connectivity index is 1.36. The maximum atomic E-state index is 3.64. The van der Waals surface area contributed by atoms with E-state index in [1.54, 1.807) is 0 Å². The molecule has 2 aromatic carbocycles. The molecular weight excluding hydrogens is 466 g/mol. The van der Waals surface area contributed by atoms with Crippen molar-refractivity contribution in [2.75, 3.05) is 11.4 Å². The lowest BCUT2D eigenvalue weighted by Gasteiger charge is -2.31. The smallest absolute Gasteiger partial charge is 0.0414 e. The Bertz CT molecular complexity index is 855. The Kier molecular flexibility index (Phi) is 10.6. The molecule has 1 nitrogen and oxygen atoms in total.